The highest BCUT2D eigenvalue weighted by Crippen LogP contribution is 2.55. The lowest BCUT2D eigenvalue weighted by Gasteiger charge is -2.28. The molecule has 6 aromatic rings. The number of aromatic nitrogens is 2. The lowest BCUT2D eigenvalue weighted by molar-refractivity contribution is 0.103. The Morgan fingerprint density at radius 3 is 1.45 bits per heavy atom. The number of hydrogen-bond acceptors (Lipinski definition) is 7. The lowest BCUT2D eigenvalue weighted by atomic mass is 9.80. The molecule has 6 aliphatic rings. The molecule has 4 aromatic carbocycles. The normalized spacial score (nSPS) is 25.0. The summed E-state index contributed by atoms with van der Waals surface area (Å²) in [5.74, 6) is -0.438. The molecule has 2 N–H and O–H groups in total. The molecule has 7 nitrogen and oxygen atoms in total. The zero-order chi connectivity index (χ0) is 41.9. The van der Waals surface area contributed by atoms with Gasteiger partial charge in [-0.25, -0.2) is 18.7 Å². The van der Waals surface area contributed by atoms with Gasteiger partial charge in [-0.3, -0.25) is 4.79 Å². The van der Waals surface area contributed by atoms with E-state index in [0.29, 0.717) is 62.2 Å². The minimum absolute atomic E-state index is 0.0594. The van der Waals surface area contributed by atoms with Gasteiger partial charge >= 0.3 is 0 Å². The van der Waals surface area contributed by atoms with Crippen molar-refractivity contribution in [3.63, 3.8) is 0 Å². The van der Waals surface area contributed by atoms with E-state index in [4.69, 9.17) is 0 Å². The van der Waals surface area contributed by atoms with Crippen LogP contribution in [0.25, 0.3) is 22.3 Å². The topological polar surface area (TPSA) is 89.8 Å². The van der Waals surface area contributed by atoms with E-state index >= 15 is 8.78 Å². The zero-order valence-corrected chi connectivity index (χ0v) is 34.5. The fourth-order valence-corrected chi connectivity index (χ4v) is 11.9. The first kappa shape index (κ1) is 37.9. The summed E-state index contributed by atoms with van der Waals surface area (Å²) in [7, 11) is 0. The van der Waals surface area contributed by atoms with Gasteiger partial charge in [0, 0.05) is 49.1 Å². The summed E-state index contributed by atoms with van der Waals surface area (Å²) in [6.07, 6.45) is 8.16. The van der Waals surface area contributed by atoms with Crippen LogP contribution in [0.3, 0.4) is 0 Å². The monoisotopic (exact) mass is 826 g/mol. The quantitative estimate of drug-likeness (QED) is 0.148. The third-order valence-corrected chi connectivity index (χ3v) is 15.2. The van der Waals surface area contributed by atoms with Gasteiger partial charge in [-0.2, -0.15) is 0 Å². The van der Waals surface area contributed by atoms with Gasteiger partial charge in [-0.15, -0.1) is 0 Å². The van der Waals surface area contributed by atoms with E-state index in [1.807, 2.05) is 9.80 Å². The zero-order valence-electron chi connectivity index (χ0n) is 34.5. The number of pyridine rings is 2. The van der Waals surface area contributed by atoms with Crippen molar-refractivity contribution in [2.75, 3.05) is 36.0 Å². The van der Waals surface area contributed by atoms with Crippen molar-refractivity contribution in [2.45, 2.75) is 86.2 Å². The van der Waals surface area contributed by atoms with Gasteiger partial charge in [0.25, 0.3) is 0 Å². The minimum atomic E-state index is -0.640. The van der Waals surface area contributed by atoms with Crippen molar-refractivity contribution in [1.29, 1.82) is 0 Å². The Morgan fingerprint density at radius 1 is 0.581 bits per heavy atom. The van der Waals surface area contributed by atoms with Crippen LogP contribution < -0.4 is 9.80 Å². The molecule has 0 radical (unpaired) electrons. The number of rotatable bonds is 8. The average Bonchev–Trinajstić information content (AvgIpc) is 4.21. The number of aliphatic hydroxyl groups excluding tert-OH is 2. The van der Waals surface area contributed by atoms with Crippen LogP contribution >= 0.6 is 0 Å². The Kier molecular flexibility index (Phi) is 8.65. The number of ketones is 1. The maximum atomic E-state index is 15.2. The van der Waals surface area contributed by atoms with Crippen LogP contribution in [0.1, 0.15) is 125 Å². The maximum absolute atomic E-state index is 15.2. The van der Waals surface area contributed by atoms with E-state index in [-0.39, 0.29) is 22.2 Å². The molecular weight excluding hydrogens is 779 g/mol. The summed E-state index contributed by atoms with van der Waals surface area (Å²) in [4.78, 5) is 27.6. The van der Waals surface area contributed by atoms with Crippen molar-refractivity contribution < 1.29 is 23.8 Å². The van der Waals surface area contributed by atoms with Gasteiger partial charge in [0.1, 0.15) is 23.0 Å². The van der Waals surface area contributed by atoms with E-state index in [1.165, 1.54) is 60.1 Å². The lowest BCUT2D eigenvalue weighted by Crippen LogP contribution is -2.31. The van der Waals surface area contributed by atoms with Gasteiger partial charge in [0.15, 0.2) is 0 Å². The molecule has 2 aromatic heterocycles. The molecule has 0 bridgehead atoms. The Bertz CT molecular complexity index is 2630. The molecule has 312 valence electrons. The van der Waals surface area contributed by atoms with Crippen molar-refractivity contribution in [1.82, 2.24) is 9.97 Å². The predicted octanol–water partition coefficient (Wildman–Crippen LogP) is 10.2. The number of hydrogen-bond donors (Lipinski definition) is 2. The molecule has 2 aliphatic heterocycles. The summed E-state index contributed by atoms with van der Waals surface area (Å²) in [5.41, 5.74) is 11.5. The minimum Gasteiger partial charge on any atom is -0.388 e. The van der Waals surface area contributed by atoms with E-state index in [2.05, 4.69) is 94.9 Å². The Balaban J connectivity index is 0.830. The molecule has 4 fully saturated rings. The summed E-state index contributed by atoms with van der Waals surface area (Å²) in [5, 5.41) is 23.1. The first-order valence-electron chi connectivity index (χ1n) is 22.4. The number of carbonyl (C=O) groups is 1. The molecule has 0 amide bonds. The molecule has 62 heavy (non-hydrogen) atoms. The second-order valence-electron chi connectivity index (χ2n) is 19.0. The fourth-order valence-electron chi connectivity index (χ4n) is 11.9. The molecule has 2 saturated carbocycles. The highest BCUT2D eigenvalue weighted by atomic mass is 19.1. The van der Waals surface area contributed by atoms with Crippen LogP contribution in [0, 0.1) is 11.6 Å². The Hall–Kier alpha value is -5.77. The molecular formula is C53H48F2N4O3. The highest BCUT2D eigenvalue weighted by Gasteiger charge is 2.50. The van der Waals surface area contributed by atoms with Gasteiger partial charge in [-0.1, -0.05) is 72.8 Å². The molecule has 2 saturated heterocycles. The van der Waals surface area contributed by atoms with Crippen LogP contribution in [0.5, 0.6) is 0 Å². The van der Waals surface area contributed by atoms with Gasteiger partial charge in [0.2, 0.25) is 5.78 Å². The van der Waals surface area contributed by atoms with Crippen LogP contribution in [0.2, 0.25) is 0 Å². The van der Waals surface area contributed by atoms with Crippen molar-refractivity contribution in [3.05, 3.63) is 166 Å². The van der Waals surface area contributed by atoms with Crippen LogP contribution in [0.15, 0.2) is 109 Å². The molecule has 12 rings (SSSR count). The SMILES string of the molecule is O=C(c1ncc(F)cc1N1CC[C@]2(C[C@H](O)c3cc(-c4ccccc4C4CC4)ccc32)C1)c1ncc(F)cc1N1CC[C@]2(C[C@H](O)c3cc(-c4ccccc4C4CC4)ccc32)C1. The summed E-state index contributed by atoms with van der Waals surface area (Å²) in [6.45, 7) is 2.04. The van der Waals surface area contributed by atoms with Gasteiger partial charge in [0.05, 0.1) is 36.0 Å². The van der Waals surface area contributed by atoms with E-state index in [1.54, 1.807) is 0 Å². The van der Waals surface area contributed by atoms with Crippen LogP contribution in [0.4, 0.5) is 20.2 Å². The first-order chi connectivity index (χ1) is 30.2. The number of halogens is 2. The predicted molar refractivity (Wildman–Crippen MR) is 236 cm³/mol. The second-order valence-corrected chi connectivity index (χ2v) is 19.0. The van der Waals surface area contributed by atoms with Crippen LogP contribution in [-0.4, -0.2) is 52.1 Å². The molecule has 4 heterocycles. The average molecular weight is 827 g/mol. The van der Waals surface area contributed by atoms with Crippen molar-refractivity contribution in [2.24, 2.45) is 0 Å². The molecule has 2 spiro atoms. The Labute approximate surface area is 360 Å². The molecule has 4 atom stereocenters. The van der Waals surface area contributed by atoms with Crippen molar-refractivity contribution >= 4 is 17.2 Å². The van der Waals surface area contributed by atoms with E-state index < -0.39 is 29.6 Å². The third kappa shape index (κ3) is 6.14. The molecule has 0 unspecified atom stereocenters. The van der Waals surface area contributed by atoms with Crippen molar-refractivity contribution in [3.8, 4) is 22.3 Å². The Morgan fingerprint density at radius 2 is 1.02 bits per heavy atom. The largest absolute Gasteiger partial charge is 0.388 e. The van der Waals surface area contributed by atoms with Gasteiger partial charge < -0.3 is 20.0 Å². The number of nitrogens with zero attached hydrogens (tertiary/aromatic N) is 4. The van der Waals surface area contributed by atoms with Gasteiger partial charge in [-0.05, 0) is 131 Å². The standard InChI is InChI=1S/C53H48F2N4O3/c54-35-23-45(58-19-17-52(29-58)25-47(60)41-21-33(13-15-43(41)52)39-7-3-1-5-37(39)31-9-10-31)49(56-27-35)51(62)50-46(24-36(55)28-57-50)59-20-18-53(30-59)26-48(61)42-22-34(14-16-44(42)53)40-8-4-2-6-38(40)32-11-12-32/h1-8,13-16,21-24,27-28,31-32,47-48,60-61H,9-12,17-20,25-26,29-30H2/t47-,48-,52-,53-/m0/s1. The second kappa shape index (κ2) is 14.1. The number of aliphatic hydroxyl groups is 2. The fraction of sp³-hybridized carbons (Fsp3) is 0.340. The smallest absolute Gasteiger partial charge is 0.233 e. The summed E-state index contributed by atoms with van der Waals surface area (Å²) < 4.78 is 30.4. The summed E-state index contributed by atoms with van der Waals surface area (Å²) in [6, 6.07) is 32.8. The number of anilines is 2. The first-order valence-corrected chi connectivity index (χ1v) is 22.4. The molecule has 9 heteroatoms. The number of carbonyl (C=O) groups excluding carboxylic acids is 1. The third-order valence-electron chi connectivity index (χ3n) is 15.2. The highest BCUT2D eigenvalue weighted by molar-refractivity contribution is 6.13. The maximum Gasteiger partial charge on any atom is 0.233 e. The van der Waals surface area contributed by atoms with E-state index in [9.17, 15) is 15.0 Å². The van der Waals surface area contributed by atoms with E-state index in [0.717, 1.165) is 58.6 Å². The molecule has 4 aliphatic carbocycles. The van der Waals surface area contributed by atoms with Crippen LogP contribution in [-0.2, 0) is 10.8 Å². The summed E-state index contributed by atoms with van der Waals surface area (Å²) >= 11 is 0. The number of fused-ring (bicyclic) bond motifs is 4. The number of benzene rings is 4.